The number of aromatic nitrogens is 3. The first kappa shape index (κ1) is 29.1. The van der Waals surface area contributed by atoms with E-state index in [0.717, 1.165) is 16.7 Å². The number of hydrogen-bond donors (Lipinski definition) is 1. The molecule has 0 aliphatic rings. The average molecular weight is 570 g/mol. The van der Waals surface area contributed by atoms with Gasteiger partial charge in [0.25, 0.3) is 5.56 Å². The molecule has 41 heavy (non-hydrogen) atoms. The second kappa shape index (κ2) is 11.7. The maximum Gasteiger partial charge on any atom is 0.356 e. The number of nitrogens with zero attached hydrogens (tertiary/aromatic N) is 5. The maximum atomic E-state index is 12.8. The molecule has 0 aliphatic carbocycles. The second-order valence-electron chi connectivity index (χ2n) is 10.0. The fourth-order valence-corrected chi connectivity index (χ4v) is 5.46. The number of ether oxygens (including phenoxy) is 1. The molecule has 1 N–H and O–H groups in total. The Morgan fingerprint density at radius 3 is 2.54 bits per heavy atom. The molecule has 10 heteroatoms. The summed E-state index contributed by atoms with van der Waals surface area (Å²) in [4.78, 5) is 28.6. The summed E-state index contributed by atoms with van der Waals surface area (Å²) in [5.41, 5.74) is 4.24. The van der Waals surface area contributed by atoms with Crippen molar-refractivity contribution in [3.8, 4) is 17.5 Å². The zero-order valence-electron chi connectivity index (χ0n) is 23.3. The van der Waals surface area contributed by atoms with Gasteiger partial charge in [-0.3, -0.25) is 4.79 Å². The summed E-state index contributed by atoms with van der Waals surface area (Å²) >= 11 is 6.26. The van der Waals surface area contributed by atoms with Crippen molar-refractivity contribution in [2.75, 3.05) is 7.11 Å². The minimum Gasteiger partial charge on any atom is -0.494 e. The van der Waals surface area contributed by atoms with Gasteiger partial charge in [-0.15, -0.1) is 0 Å². The number of aromatic carboxylic acids is 1. The van der Waals surface area contributed by atoms with Crippen molar-refractivity contribution in [3.63, 3.8) is 0 Å². The van der Waals surface area contributed by atoms with Gasteiger partial charge >= 0.3 is 5.97 Å². The SMILES string of the molecule is [C-]#[N+]c1ccc(C(Cc2cc(Cl)c(=O)n(C)c2)c2c(C(=O)O)nn(-c3cc(C#N)ccc3OC)c2C(C)C)c(C)c1. The minimum atomic E-state index is -1.21. The second-order valence-corrected chi connectivity index (χ2v) is 10.4. The van der Waals surface area contributed by atoms with Gasteiger partial charge in [-0.05, 0) is 54.7 Å². The van der Waals surface area contributed by atoms with Crippen LogP contribution < -0.4 is 10.3 Å². The lowest BCUT2D eigenvalue weighted by Crippen LogP contribution is -2.19. The van der Waals surface area contributed by atoms with Crippen LogP contribution in [0, 0.1) is 24.8 Å². The van der Waals surface area contributed by atoms with E-state index < -0.39 is 11.9 Å². The van der Waals surface area contributed by atoms with Crippen LogP contribution in [0.4, 0.5) is 5.69 Å². The highest BCUT2D eigenvalue weighted by Gasteiger charge is 2.33. The molecule has 0 radical (unpaired) electrons. The van der Waals surface area contributed by atoms with Crippen LogP contribution in [0.2, 0.25) is 5.02 Å². The molecule has 0 aliphatic heterocycles. The number of methoxy groups -OCH3 is 1. The van der Waals surface area contributed by atoms with E-state index in [1.807, 2.05) is 26.8 Å². The first-order valence-corrected chi connectivity index (χ1v) is 13.2. The zero-order valence-corrected chi connectivity index (χ0v) is 24.0. The smallest absolute Gasteiger partial charge is 0.356 e. The van der Waals surface area contributed by atoms with E-state index in [4.69, 9.17) is 22.9 Å². The Morgan fingerprint density at radius 1 is 1.24 bits per heavy atom. The van der Waals surface area contributed by atoms with Gasteiger partial charge < -0.3 is 14.4 Å². The van der Waals surface area contributed by atoms with Crippen LogP contribution >= 0.6 is 11.6 Å². The molecule has 0 amide bonds. The van der Waals surface area contributed by atoms with Crippen LogP contribution in [-0.2, 0) is 13.5 Å². The first-order valence-electron chi connectivity index (χ1n) is 12.8. The lowest BCUT2D eigenvalue weighted by Gasteiger charge is -2.24. The van der Waals surface area contributed by atoms with Crippen LogP contribution in [-0.4, -0.2) is 32.5 Å². The van der Waals surface area contributed by atoms with E-state index in [9.17, 15) is 20.0 Å². The summed E-state index contributed by atoms with van der Waals surface area (Å²) in [6.45, 7) is 13.2. The van der Waals surface area contributed by atoms with Gasteiger partial charge in [0.1, 0.15) is 16.5 Å². The van der Waals surface area contributed by atoms with Gasteiger partial charge in [-0.2, -0.15) is 10.4 Å². The van der Waals surface area contributed by atoms with E-state index in [1.165, 1.54) is 11.7 Å². The number of halogens is 1. The van der Waals surface area contributed by atoms with E-state index in [0.29, 0.717) is 40.4 Å². The number of hydrogen-bond acceptors (Lipinski definition) is 5. The number of carbonyl (C=O) groups is 1. The van der Waals surface area contributed by atoms with Crippen LogP contribution in [0.15, 0.2) is 53.5 Å². The fourth-order valence-electron chi connectivity index (χ4n) is 5.18. The monoisotopic (exact) mass is 569 g/mol. The quantitative estimate of drug-likeness (QED) is 0.254. The van der Waals surface area contributed by atoms with Crippen LogP contribution in [0.1, 0.15) is 69.7 Å². The van der Waals surface area contributed by atoms with Crippen molar-refractivity contribution in [1.82, 2.24) is 14.3 Å². The number of benzene rings is 2. The first-order chi connectivity index (χ1) is 19.5. The molecular weight excluding hydrogens is 542 g/mol. The average Bonchev–Trinajstić information content (AvgIpc) is 3.35. The Bertz CT molecular complexity index is 1780. The molecule has 0 bridgehead atoms. The van der Waals surface area contributed by atoms with Gasteiger partial charge in [0, 0.05) is 24.7 Å². The summed E-state index contributed by atoms with van der Waals surface area (Å²) in [5, 5.41) is 24.6. The predicted molar refractivity (Wildman–Crippen MR) is 156 cm³/mol. The third-order valence-corrected chi connectivity index (χ3v) is 7.26. The zero-order chi connectivity index (χ0) is 30.0. The van der Waals surface area contributed by atoms with Crippen molar-refractivity contribution in [3.05, 3.63) is 115 Å². The summed E-state index contributed by atoms with van der Waals surface area (Å²) in [5.74, 6) is -1.52. The van der Waals surface area contributed by atoms with E-state index in [-0.39, 0.29) is 22.2 Å². The molecule has 0 saturated heterocycles. The summed E-state index contributed by atoms with van der Waals surface area (Å²) < 4.78 is 8.52. The number of carboxylic acids is 1. The van der Waals surface area contributed by atoms with Crippen molar-refractivity contribution in [2.45, 2.75) is 39.0 Å². The third-order valence-electron chi connectivity index (χ3n) is 6.99. The molecular formula is C31H28ClN5O4. The van der Waals surface area contributed by atoms with Crippen LogP contribution in [0.25, 0.3) is 10.5 Å². The van der Waals surface area contributed by atoms with Gasteiger partial charge in [0.15, 0.2) is 11.4 Å². The molecule has 2 aromatic carbocycles. The lowest BCUT2D eigenvalue weighted by molar-refractivity contribution is 0.0688. The fraction of sp³-hybridized carbons (Fsp3) is 0.258. The number of pyridine rings is 1. The Kier molecular flexibility index (Phi) is 8.32. The number of rotatable bonds is 8. The Balaban J connectivity index is 2.10. The molecule has 4 aromatic rings. The highest BCUT2D eigenvalue weighted by molar-refractivity contribution is 6.30. The third kappa shape index (κ3) is 5.58. The number of nitriles is 1. The molecule has 4 rings (SSSR count). The molecule has 9 nitrogen and oxygen atoms in total. The topological polar surface area (TPSA) is 114 Å². The van der Waals surface area contributed by atoms with E-state index >= 15 is 0 Å². The number of aryl methyl sites for hydroxylation is 2. The standard InChI is InChI=1S/C31H28ClN5O4/c1-17(2)29-27(28(31(39)40)35-37(29)25-14-19(15-33)7-10-26(25)41-6)23(22-9-8-21(34-4)11-18(22)3)12-20-13-24(32)30(38)36(5)16-20/h7-11,13-14,16-17,23H,12H2,1-3,5-6H3,(H,39,40). The van der Waals surface area contributed by atoms with Crippen molar-refractivity contribution in [1.29, 1.82) is 5.26 Å². The van der Waals surface area contributed by atoms with E-state index in [1.54, 1.807) is 54.3 Å². The molecule has 1 unspecified atom stereocenters. The summed E-state index contributed by atoms with van der Waals surface area (Å²) in [6, 6.07) is 13.9. The summed E-state index contributed by atoms with van der Waals surface area (Å²) in [7, 11) is 3.11. The molecule has 0 spiro atoms. The highest BCUT2D eigenvalue weighted by Crippen LogP contribution is 2.40. The van der Waals surface area contributed by atoms with Crippen LogP contribution in [0.5, 0.6) is 5.75 Å². The highest BCUT2D eigenvalue weighted by atomic mass is 35.5. The molecule has 0 saturated carbocycles. The molecule has 0 fully saturated rings. The molecule has 1 atom stereocenters. The Hall–Kier alpha value is -4.86. The largest absolute Gasteiger partial charge is 0.494 e. The van der Waals surface area contributed by atoms with Crippen molar-refractivity contribution < 1.29 is 14.6 Å². The van der Waals surface area contributed by atoms with Gasteiger partial charge in [0.2, 0.25) is 0 Å². The Morgan fingerprint density at radius 2 is 1.98 bits per heavy atom. The van der Waals surface area contributed by atoms with E-state index in [2.05, 4.69) is 16.0 Å². The molecule has 2 heterocycles. The van der Waals surface area contributed by atoms with Gasteiger partial charge in [-0.25, -0.2) is 14.3 Å². The predicted octanol–water partition coefficient (Wildman–Crippen LogP) is 6.16. The normalized spacial score (nSPS) is 11.6. The van der Waals surface area contributed by atoms with Gasteiger partial charge in [-0.1, -0.05) is 49.2 Å². The van der Waals surface area contributed by atoms with Crippen molar-refractivity contribution >= 4 is 23.3 Å². The van der Waals surface area contributed by atoms with Crippen LogP contribution in [0.3, 0.4) is 0 Å². The van der Waals surface area contributed by atoms with Crippen molar-refractivity contribution in [2.24, 2.45) is 7.05 Å². The minimum absolute atomic E-state index is 0.0557. The molecule has 2 aromatic heterocycles. The molecule has 208 valence electrons. The maximum absolute atomic E-state index is 12.8. The summed E-state index contributed by atoms with van der Waals surface area (Å²) in [6.07, 6.45) is 1.98. The van der Waals surface area contributed by atoms with Gasteiger partial charge in [0.05, 0.1) is 31.0 Å². The lowest BCUT2D eigenvalue weighted by atomic mass is 9.81. The Labute approximate surface area is 242 Å². The number of carboxylic acid groups (broad SMARTS) is 1.